The SMILES string of the molecule is CC[C@H](C)[C@H](NC(=O)OCc1ccccc1)C(=O)OCC(=O)c1ccc(F)cc1. The molecule has 0 fully saturated rings. The van der Waals surface area contributed by atoms with Crippen molar-refractivity contribution in [2.45, 2.75) is 32.9 Å². The quantitative estimate of drug-likeness (QED) is 0.509. The number of hydrogen-bond acceptors (Lipinski definition) is 5. The van der Waals surface area contributed by atoms with E-state index in [4.69, 9.17) is 9.47 Å². The minimum atomic E-state index is -0.954. The fourth-order valence-corrected chi connectivity index (χ4v) is 2.51. The smallest absolute Gasteiger partial charge is 0.408 e. The van der Waals surface area contributed by atoms with E-state index in [1.165, 1.54) is 12.1 Å². The zero-order chi connectivity index (χ0) is 21.2. The van der Waals surface area contributed by atoms with Crippen LogP contribution in [0.15, 0.2) is 54.6 Å². The molecule has 0 heterocycles. The number of nitrogens with one attached hydrogen (secondary N) is 1. The van der Waals surface area contributed by atoms with Crippen LogP contribution in [0.1, 0.15) is 36.2 Å². The Morgan fingerprint density at radius 2 is 1.66 bits per heavy atom. The predicted molar refractivity (Wildman–Crippen MR) is 105 cm³/mol. The van der Waals surface area contributed by atoms with Gasteiger partial charge in [0.05, 0.1) is 0 Å². The molecule has 2 rings (SSSR count). The van der Waals surface area contributed by atoms with Gasteiger partial charge in [0.1, 0.15) is 18.5 Å². The molecule has 0 aromatic heterocycles. The normalized spacial score (nSPS) is 12.5. The first-order valence-corrected chi connectivity index (χ1v) is 9.33. The van der Waals surface area contributed by atoms with Gasteiger partial charge in [0.25, 0.3) is 0 Å². The Hall–Kier alpha value is -3.22. The van der Waals surface area contributed by atoms with Crippen molar-refractivity contribution in [3.05, 3.63) is 71.5 Å². The van der Waals surface area contributed by atoms with Crippen LogP contribution in [-0.4, -0.2) is 30.5 Å². The number of benzene rings is 2. The highest BCUT2D eigenvalue weighted by atomic mass is 19.1. The molecule has 0 aliphatic heterocycles. The maximum Gasteiger partial charge on any atom is 0.408 e. The maximum absolute atomic E-state index is 12.9. The Kier molecular flexibility index (Phi) is 8.33. The van der Waals surface area contributed by atoms with E-state index in [2.05, 4.69) is 5.32 Å². The van der Waals surface area contributed by atoms with Crippen LogP contribution in [0, 0.1) is 11.7 Å². The maximum atomic E-state index is 12.9. The van der Waals surface area contributed by atoms with E-state index in [-0.39, 0.29) is 18.1 Å². The average molecular weight is 401 g/mol. The van der Waals surface area contributed by atoms with Gasteiger partial charge in [0.2, 0.25) is 0 Å². The summed E-state index contributed by atoms with van der Waals surface area (Å²) < 4.78 is 23.2. The summed E-state index contributed by atoms with van der Waals surface area (Å²) in [7, 11) is 0. The number of hydrogen-bond donors (Lipinski definition) is 1. The number of carbonyl (C=O) groups excluding carboxylic acids is 3. The summed E-state index contributed by atoms with van der Waals surface area (Å²) in [5, 5.41) is 2.51. The number of Topliss-reactive ketones (excluding diaryl/α,β-unsaturated/α-hetero) is 1. The Bertz CT molecular complexity index is 823. The molecule has 0 saturated heterocycles. The summed E-state index contributed by atoms with van der Waals surface area (Å²) in [4.78, 5) is 36.6. The third kappa shape index (κ3) is 7.03. The van der Waals surface area contributed by atoms with Gasteiger partial charge in [-0.3, -0.25) is 4.79 Å². The second kappa shape index (κ2) is 10.9. The first-order chi connectivity index (χ1) is 13.9. The first-order valence-electron chi connectivity index (χ1n) is 9.33. The lowest BCUT2D eigenvalue weighted by Crippen LogP contribution is -2.46. The van der Waals surface area contributed by atoms with Gasteiger partial charge in [-0.05, 0) is 35.7 Å². The Balaban J connectivity index is 1.90. The van der Waals surface area contributed by atoms with E-state index in [1.807, 2.05) is 37.3 Å². The van der Waals surface area contributed by atoms with E-state index in [1.54, 1.807) is 6.92 Å². The van der Waals surface area contributed by atoms with Crippen LogP contribution < -0.4 is 5.32 Å². The van der Waals surface area contributed by atoms with Gasteiger partial charge in [-0.25, -0.2) is 14.0 Å². The minimum absolute atomic E-state index is 0.0675. The van der Waals surface area contributed by atoms with Gasteiger partial charge in [0.15, 0.2) is 12.4 Å². The van der Waals surface area contributed by atoms with Gasteiger partial charge in [-0.2, -0.15) is 0 Å². The van der Waals surface area contributed by atoms with Crippen molar-refractivity contribution in [2.24, 2.45) is 5.92 Å². The van der Waals surface area contributed by atoms with Gasteiger partial charge < -0.3 is 14.8 Å². The van der Waals surface area contributed by atoms with Gasteiger partial charge in [0, 0.05) is 5.56 Å². The molecule has 0 aliphatic rings. The number of rotatable bonds is 9. The molecule has 0 saturated carbocycles. The topological polar surface area (TPSA) is 81.7 Å². The lowest BCUT2D eigenvalue weighted by atomic mass is 9.99. The standard InChI is InChI=1S/C22H24FNO5/c1-3-15(2)20(24-22(27)29-13-16-7-5-4-6-8-16)21(26)28-14-19(25)17-9-11-18(23)12-10-17/h4-12,15,20H,3,13-14H2,1-2H3,(H,24,27)/t15-,20-/m0/s1. The third-order valence-electron chi connectivity index (χ3n) is 4.46. The zero-order valence-electron chi connectivity index (χ0n) is 16.4. The second-order valence-electron chi connectivity index (χ2n) is 6.61. The van der Waals surface area contributed by atoms with Crippen molar-refractivity contribution in [1.29, 1.82) is 0 Å². The van der Waals surface area contributed by atoms with Crippen molar-refractivity contribution < 1.29 is 28.2 Å². The average Bonchev–Trinajstić information content (AvgIpc) is 2.74. The Morgan fingerprint density at radius 3 is 2.28 bits per heavy atom. The molecule has 1 N–H and O–H groups in total. The van der Waals surface area contributed by atoms with Crippen molar-refractivity contribution in [3.63, 3.8) is 0 Å². The molecule has 2 aromatic rings. The number of ketones is 1. The van der Waals surface area contributed by atoms with E-state index >= 15 is 0 Å². The van der Waals surface area contributed by atoms with E-state index in [0.29, 0.717) is 6.42 Å². The lowest BCUT2D eigenvalue weighted by Gasteiger charge is -2.22. The highest BCUT2D eigenvalue weighted by Crippen LogP contribution is 2.11. The van der Waals surface area contributed by atoms with Crippen LogP contribution in [0.5, 0.6) is 0 Å². The van der Waals surface area contributed by atoms with Gasteiger partial charge >= 0.3 is 12.1 Å². The van der Waals surface area contributed by atoms with Crippen LogP contribution in [0.2, 0.25) is 0 Å². The summed E-state index contributed by atoms with van der Waals surface area (Å²) in [6.07, 6.45) is -0.147. The zero-order valence-corrected chi connectivity index (χ0v) is 16.4. The molecule has 154 valence electrons. The highest BCUT2D eigenvalue weighted by molar-refractivity contribution is 5.98. The molecule has 29 heavy (non-hydrogen) atoms. The van der Waals surface area contributed by atoms with Crippen LogP contribution >= 0.6 is 0 Å². The number of esters is 1. The van der Waals surface area contributed by atoms with Crippen LogP contribution in [-0.2, 0) is 20.9 Å². The molecule has 0 unspecified atom stereocenters. The number of carbonyl (C=O) groups is 3. The molecular weight excluding hydrogens is 377 g/mol. The van der Waals surface area contributed by atoms with Crippen molar-refractivity contribution in [2.75, 3.05) is 6.61 Å². The molecule has 0 radical (unpaired) electrons. The summed E-state index contributed by atoms with van der Waals surface area (Å²) >= 11 is 0. The molecular formula is C22H24FNO5. The molecule has 6 nitrogen and oxygen atoms in total. The second-order valence-corrected chi connectivity index (χ2v) is 6.61. The molecule has 0 aliphatic carbocycles. The fourth-order valence-electron chi connectivity index (χ4n) is 2.51. The Labute approximate surface area is 169 Å². The van der Waals surface area contributed by atoms with Crippen molar-refractivity contribution >= 4 is 17.8 Å². The van der Waals surface area contributed by atoms with Crippen LogP contribution in [0.25, 0.3) is 0 Å². The number of ether oxygens (including phenoxy) is 2. The minimum Gasteiger partial charge on any atom is -0.456 e. The van der Waals surface area contributed by atoms with Crippen LogP contribution in [0.3, 0.4) is 0 Å². The monoisotopic (exact) mass is 401 g/mol. The first kappa shape index (κ1) is 22.1. The molecule has 1 amide bonds. The molecule has 0 bridgehead atoms. The molecule has 2 aromatic carbocycles. The van der Waals surface area contributed by atoms with Gasteiger partial charge in [-0.1, -0.05) is 50.6 Å². The summed E-state index contributed by atoms with van der Waals surface area (Å²) in [6.45, 7) is 3.22. The van der Waals surface area contributed by atoms with E-state index in [0.717, 1.165) is 17.7 Å². The number of amides is 1. The number of halogens is 1. The summed E-state index contributed by atoms with van der Waals surface area (Å²) in [5.41, 5.74) is 1.05. The Morgan fingerprint density at radius 1 is 1.00 bits per heavy atom. The largest absolute Gasteiger partial charge is 0.456 e. The molecule has 2 atom stereocenters. The van der Waals surface area contributed by atoms with Crippen LogP contribution in [0.4, 0.5) is 9.18 Å². The number of alkyl carbamates (subject to hydrolysis) is 1. The van der Waals surface area contributed by atoms with Gasteiger partial charge in [-0.15, -0.1) is 0 Å². The van der Waals surface area contributed by atoms with Crippen molar-refractivity contribution in [1.82, 2.24) is 5.32 Å². The fraction of sp³-hybridized carbons (Fsp3) is 0.318. The van der Waals surface area contributed by atoms with E-state index in [9.17, 15) is 18.8 Å². The summed E-state index contributed by atoms with van der Waals surface area (Å²) in [5.74, 6) is -1.89. The predicted octanol–water partition coefficient (Wildman–Crippen LogP) is 3.89. The highest BCUT2D eigenvalue weighted by Gasteiger charge is 2.28. The third-order valence-corrected chi connectivity index (χ3v) is 4.46. The lowest BCUT2D eigenvalue weighted by molar-refractivity contribution is -0.146. The van der Waals surface area contributed by atoms with E-state index < -0.39 is 36.3 Å². The van der Waals surface area contributed by atoms with Crippen molar-refractivity contribution in [3.8, 4) is 0 Å². The molecule has 0 spiro atoms. The summed E-state index contributed by atoms with van der Waals surface area (Å²) in [6, 6.07) is 13.1. The molecule has 7 heteroatoms.